The molecule has 1 aliphatic carbocycles. The van der Waals surface area contributed by atoms with Crippen LogP contribution in [0.25, 0.3) is 10.1 Å². The van der Waals surface area contributed by atoms with Crippen molar-refractivity contribution in [3.05, 3.63) is 34.7 Å². The molecule has 1 heterocycles. The Morgan fingerprint density at radius 1 is 1.24 bits per heavy atom. The maximum Gasteiger partial charge on any atom is 0.0734 e. The van der Waals surface area contributed by atoms with E-state index in [1.165, 1.54) is 52.6 Å². The number of hydrogen-bond acceptors (Lipinski definition) is 3. The fourth-order valence-corrected chi connectivity index (χ4v) is 3.76. The van der Waals surface area contributed by atoms with E-state index in [1.807, 2.05) is 11.3 Å². The molecular formula is C18H25NOS. The van der Waals surface area contributed by atoms with Crippen LogP contribution < -0.4 is 5.32 Å². The van der Waals surface area contributed by atoms with Crippen molar-refractivity contribution in [3.8, 4) is 0 Å². The van der Waals surface area contributed by atoms with Crippen molar-refractivity contribution in [2.45, 2.75) is 58.2 Å². The highest BCUT2D eigenvalue weighted by Crippen LogP contribution is 2.32. The Labute approximate surface area is 131 Å². The molecule has 1 N–H and O–H groups in total. The van der Waals surface area contributed by atoms with Gasteiger partial charge in [0.05, 0.1) is 6.61 Å². The summed E-state index contributed by atoms with van der Waals surface area (Å²) >= 11 is 1.92. The number of thiophene rings is 1. The van der Waals surface area contributed by atoms with E-state index in [0.29, 0.717) is 0 Å². The van der Waals surface area contributed by atoms with Gasteiger partial charge in [0, 0.05) is 34.3 Å². The fraction of sp³-hybridized carbons (Fsp3) is 0.556. The zero-order chi connectivity index (χ0) is 14.5. The molecule has 0 amide bonds. The Balaban J connectivity index is 1.68. The van der Waals surface area contributed by atoms with Crippen LogP contribution in [0.4, 0.5) is 0 Å². The molecule has 0 saturated heterocycles. The molecule has 0 bridgehead atoms. The number of rotatable bonds is 9. The van der Waals surface area contributed by atoms with Crippen LogP contribution in [-0.2, 0) is 17.9 Å². The van der Waals surface area contributed by atoms with E-state index in [4.69, 9.17) is 4.74 Å². The van der Waals surface area contributed by atoms with Gasteiger partial charge in [0.15, 0.2) is 0 Å². The predicted octanol–water partition coefficient (Wildman–Crippen LogP) is 4.86. The molecule has 3 heteroatoms. The summed E-state index contributed by atoms with van der Waals surface area (Å²) in [5, 5.41) is 5.02. The summed E-state index contributed by atoms with van der Waals surface area (Å²) in [4.78, 5) is 1.46. The van der Waals surface area contributed by atoms with Gasteiger partial charge in [-0.15, -0.1) is 11.3 Å². The first kappa shape index (κ1) is 15.0. The van der Waals surface area contributed by atoms with Crippen molar-refractivity contribution in [3.63, 3.8) is 0 Å². The maximum absolute atomic E-state index is 5.93. The number of hydrogen-bond donors (Lipinski definition) is 1. The number of unbranched alkanes of at least 4 members (excludes halogenated alkanes) is 2. The predicted molar refractivity (Wildman–Crippen MR) is 90.9 cm³/mol. The first-order valence-electron chi connectivity index (χ1n) is 8.19. The number of fused-ring (bicyclic) bond motifs is 1. The van der Waals surface area contributed by atoms with E-state index in [1.54, 1.807) is 0 Å². The number of ether oxygens (including phenoxy) is 1. The molecule has 1 saturated carbocycles. The summed E-state index contributed by atoms with van der Waals surface area (Å²) in [5.74, 6) is 0. The summed E-state index contributed by atoms with van der Waals surface area (Å²) in [6.45, 7) is 4.87. The van der Waals surface area contributed by atoms with Crippen molar-refractivity contribution < 1.29 is 4.74 Å². The van der Waals surface area contributed by atoms with Gasteiger partial charge in [0.2, 0.25) is 0 Å². The molecule has 2 nitrogen and oxygen atoms in total. The topological polar surface area (TPSA) is 21.3 Å². The van der Waals surface area contributed by atoms with E-state index < -0.39 is 0 Å². The lowest BCUT2D eigenvalue weighted by atomic mass is 10.1. The summed E-state index contributed by atoms with van der Waals surface area (Å²) in [7, 11) is 0. The van der Waals surface area contributed by atoms with Gasteiger partial charge in [-0.3, -0.25) is 0 Å². The highest BCUT2D eigenvalue weighted by Gasteiger charge is 2.21. The molecule has 21 heavy (non-hydrogen) atoms. The summed E-state index contributed by atoms with van der Waals surface area (Å²) in [6, 6.07) is 9.48. The first-order chi connectivity index (χ1) is 10.4. The Morgan fingerprint density at radius 2 is 2.10 bits per heavy atom. The van der Waals surface area contributed by atoms with E-state index in [2.05, 4.69) is 36.5 Å². The minimum absolute atomic E-state index is 0.758. The van der Waals surface area contributed by atoms with Gasteiger partial charge in [0.25, 0.3) is 0 Å². The second-order valence-electron chi connectivity index (χ2n) is 5.91. The van der Waals surface area contributed by atoms with Crippen LogP contribution in [0.3, 0.4) is 0 Å². The Hall–Kier alpha value is -0.900. The quantitative estimate of drug-likeness (QED) is 0.668. The number of nitrogens with one attached hydrogen (secondary N) is 1. The van der Waals surface area contributed by atoms with Crippen LogP contribution in [0.1, 0.15) is 49.5 Å². The Kier molecular flexibility index (Phi) is 5.28. The van der Waals surface area contributed by atoms with Crippen LogP contribution in [0, 0.1) is 0 Å². The smallest absolute Gasteiger partial charge is 0.0734 e. The SMILES string of the molecule is CCCCCOCc1c(CNC2CC2)sc2ccccc12. The molecule has 2 aromatic rings. The molecule has 1 aromatic heterocycles. The molecule has 1 aromatic carbocycles. The molecule has 114 valence electrons. The second kappa shape index (κ2) is 7.39. The van der Waals surface area contributed by atoms with Gasteiger partial charge in [-0.2, -0.15) is 0 Å². The summed E-state index contributed by atoms with van der Waals surface area (Å²) < 4.78 is 7.32. The Bertz CT molecular complexity index is 574. The highest BCUT2D eigenvalue weighted by molar-refractivity contribution is 7.19. The van der Waals surface area contributed by atoms with Crippen molar-refractivity contribution >= 4 is 21.4 Å². The minimum Gasteiger partial charge on any atom is -0.377 e. The van der Waals surface area contributed by atoms with Gasteiger partial charge < -0.3 is 10.1 Å². The third kappa shape index (κ3) is 4.06. The fourth-order valence-electron chi connectivity index (χ4n) is 2.60. The van der Waals surface area contributed by atoms with E-state index in [9.17, 15) is 0 Å². The zero-order valence-electron chi connectivity index (χ0n) is 12.9. The standard InChI is InChI=1S/C18H25NOS/c1-2-3-6-11-20-13-16-15-7-4-5-8-17(15)21-18(16)12-19-14-9-10-14/h4-5,7-8,14,19H,2-3,6,9-13H2,1H3. The molecule has 1 aliphatic rings. The zero-order valence-corrected chi connectivity index (χ0v) is 13.7. The van der Waals surface area contributed by atoms with Crippen molar-refractivity contribution in [2.75, 3.05) is 6.61 Å². The summed E-state index contributed by atoms with van der Waals surface area (Å²) in [5.41, 5.74) is 1.40. The molecule has 0 radical (unpaired) electrons. The van der Waals surface area contributed by atoms with Crippen molar-refractivity contribution in [2.24, 2.45) is 0 Å². The van der Waals surface area contributed by atoms with Crippen molar-refractivity contribution in [1.29, 1.82) is 0 Å². The van der Waals surface area contributed by atoms with E-state index in [0.717, 1.165) is 25.8 Å². The van der Waals surface area contributed by atoms with Crippen molar-refractivity contribution in [1.82, 2.24) is 5.32 Å². The normalized spacial score (nSPS) is 14.9. The van der Waals surface area contributed by atoms with Gasteiger partial charge in [-0.25, -0.2) is 0 Å². The van der Waals surface area contributed by atoms with Gasteiger partial charge in [0.1, 0.15) is 0 Å². The molecule has 3 rings (SSSR count). The monoisotopic (exact) mass is 303 g/mol. The molecule has 0 unspecified atom stereocenters. The maximum atomic E-state index is 5.93. The lowest BCUT2D eigenvalue weighted by Crippen LogP contribution is -2.15. The van der Waals surface area contributed by atoms with Crippen LogP contribution in [0.2, 0.25) is 0 Å². The van der Waals surface area contributed by atoms with Gasteiger partial charge >= 0.3 is 0 Å². The lowest BCUT2D eigenvalue weighted by Gasteiger charge is -2.07. The first-order valence-corrected chi connectivity index (χ1v) is 9.00. The van der Waals surface area contributed by atoms with E-state index in [-0.39, 0.29) is 0 Å². The number of benzene rings is 1. The Morgan fingerprint density at radius 3 is 2.90 bits per heavy atom. The van der Waals surface area contributed by atoms with Gasteiger partial charge in [-0.05, 0) is 30.7 Å². The molecular weight excluding hydrogens is 278 g/mol. The highest BCUT2D eigenvalue weighted by atomic mass is 32.1. The van der Waals surface area contributed by atoms with Crippen LogP contribution in [-0.4, -0.2) is 12.6 Å². The largest absolute Gasteiger partial charge is 0.377 e. The second-order valence-corrected chi connectivity index (χ2v) is 7.05. The van der Waals surface area contributed by atoms with Crippen LogP contribution in [0.5, 0.6) is 0 Å². The average molecular weight is 303 g/mol. The van der Waals surface area contributed by atoms with Crippen LogP contribution in [0.15, 0.2) is 24.3 Å². The molecule has 0 spiro atoms. The molecule has 1 fully saturated rings. The molecule has 0 atom stereocenters. The van der Waals surface area contributed by atoms with Crippen LogP contribution >= 0.6 is 11.3 Å². The average Bonchev–Trinajstić information content (AvgIpc) is 3.27. The third-order valence-corrected chi connectivity index (χ3v) is 5.26. The minimum atomic E-state index is 0.758. The molecule has 0 aliphatic heterocycles. The van der Waals surface area contributed by atoms with E-state index >= 15 is 0 Å². The van der Waals surface area contributed by atoms with Gasteiger partial charge in [-0.1, -0.05) is 38.0 Å². The summed E-state index contributed by atoms with van der Waals surface area (Å²) in [6.07, 6.45) is 6.37. The lowest BCUT2D eigenvalue weighted by molar-refractivity contribution is 0.117. The third-order valence-electron chi connectivity index (χ3n) is 4.05.